The first kappa shape index (κ1) is 36.9. The molecule has 0 saturated carbocycles. The zero-order chi connectivity index (χ0) is 33.8. The van der Waals surface area contributed by atoms with Gasteiger partial charge in [0.25, 0.3) is 0 Å². The molecule has 0 aliphatic rings. The van der Waals surface area contributed by atoms with Crippen molar-refractivity contribution in [2.24, 2.45) is 0 Å². The number of carbonyl (C=O) groups excluding carboxylic acids is 3. The zero-order valence-corrected chi connectivity index (χ0v) is 23.8. The highest BCUT2D eigenvalue weighted by molar-refractivity contribution is 6.01. The van der Waals surface area contributed by atoms with Crippen LogP contribution in [0.4, 0.5) is 0 Å². The smallest absolute Gasteiger partial charge is 0.338 e. The van der Waals surface area contributed by atoms with Gasteiger partial charge in [0.15, 0.2) is 0 Å². The molecule has 2 aromatic carbocycles. The molecule has 3 N–H and O–H groups in total. The number of rotatable bonds is 18. The third kappa shape index (κ3) is 13.6. The minimum Gasteiger partial charge on any atom is -0.498 e. The van der Waals surface area contributed by atoms with Gasteiger partial charge in [-0.15, -0.1) is 0 Å². The Balaban J connectivity index is 0.000000562. The average molecular weight is 631 g/mol. The Hall–Kier alpha value is -6.12. The molecule has 240 valence electrons. The minimum absolute atomic E-state index is 0.0281. The number of esters is 3. The molecule has 15 heteroatoms. The Morgan fingerprint density at radius 1 is 0.444 bits per heavy atom. The van der Waals surface area contributed by atoms with Crippen molar-refractivity contribution in [2.45, 2.75) is 0 Å². The van der Waals surface area contributed by atoms with Gasteiger partial charge in [-0.1, -0.05) is 19.7 Å². The van der Waals surface area contributed by atoms with Crippen molar-refractivity contribution in [2.75, 3.05) is 39.6 Å². The first-order valence-electron chi connectivity index (χ1n) is 12.6. The highest BCUT2D eigenvalue weighted by Gasteiger charge is 2.19. The Morgan fingerprint density at radius 2 is 0.667 bits per heavy atom. The second-order valence-corrected chi connectivity index (χ2v) is 8.03. The van der Waals surface area contributed by atoms with Crippen LogP contribution in [0.25, 0.3) is 0 Å². The molecule has 0 aromatic heterocycles. The fourth-order valence-electron chi connectivity index (χ4n) is 3.03. The van der Waals surface area contributed by atoms with Gasteiger partial charge < -0.3 is 43.7 Å². The first-order chi connectivity index (χ1) is 21.4. The fourth-order valence-corrected chi connectivity index (χ4v) is 3.03. The zero-order valence-electron chi connectivity index (χ0n) is 23.8. The highest BCUT2D eigenvalue weighted by Crippen LogP contribution is 2.15. The van der Waals surface area contributed by atoms with Crippen LogP contribution in [-0.2, 0) is 28.4 Å². The maximum absolute atomic E-state index is 12.3. The van der Waals surface area contributed by atoms with Crippen LogP contribution in [0.15, 0.2) is 74.9 Å². The van der Waals surface area contributed by atoms with Crippen LogP contribution >= 0.6 is 0 Å². The second-order valence-electron chi connectivity index (χ2n) is 8.03. The van der Waals surface area contributed by atoms with E-state index in [1.54, 1.807) is 0 Å². The Bertz CT molecular complexity index is 1220. The van der Waals surface area contributed by atoms with E-state index in [-0.39, 0.29) is 73.0 Å². The molecule has 0 aliphatic heterocycles. The van der Waals surface area contributed by atoms with E-state index in [9.17, 15) is 28.8 Å². The van der Waals surface area contributed by atoms with Crippen LogP contribution < -0.4 is 0 Å². The number of carboxylic acid groups (broad SMARTS) is 3. The maximum atomic E-state index is 12.3. The standard InChI is InChI=1S/C21H24O9.C9H6O6/c1-4-25-7-10-28-19(22)16-13-17(20(23)29-11-8-26-5-2)15-18(14-16)21(24)30-12-9-27-6-3;10-7(11)4-1-5(8(12)13)3-6(2-4)9(14)15/h4-6,13-15H,1-3,7-12H2;1-3H,(H,10,11)(H,12,13)(H,14,15). The number of carboxylic acids is 3. The number of ether oxygens (including phenoxy) is 6. The molecule has 0 radical (unpaired) electrons. The quantitative estimate of drug-likeness (QED) is 0.0930. The van der Waals surface area contributed by atoms with Crippen molar-refractivity contribution in [3.63, 3.8) is 0 Å². The van der Waals surface area contributed by atoms with Gasteiger partial charge in [0, 0.05) is 0 Å². The lowest BCUT2D eigenvalue weighted by Crippen LogP contribution is -2.16. The summed E-state index contributed by atoms with van der Waals surface area (Å²) in [5.74, 6) is -6.38. The van der Waals surface area contributed by atoms with Gasteiger partial charge in [-0.05, 0) is 36.4 Å². The molecule has 0 spiro atoms. The summed E-state index contributed by atoms with van der Waals surface area (Å²) in [7, 11) is 0. The predicted molar refractivity (Wildman–Crippen MR) is 153 cm³/mol. The van der Waals surface area contributed by atoms with Gasteiger partial charge in [-0.25, -0.2) is 28.8 Å². The summed E-state index contributed by atoms with van der Waals surface area (Å²) >= 11 is 0. The van der Waals surface area contributed by atoms with Crippen LogP contribution in [0.2, 0.25) is 0 Å². The third-order valence-corrected chi connectivity index (χ3v) is 4.97. The number of benzene rings is 2. The molecule has 0 amide bonds. The molecule has 2 aromatic rings. The van der Waals surface area contributed by atoms with Gasteiger partial charge in [-0.3, -0.25) is 0 Å². The first-order valence-corrected chi connectivity index (χ1v) is 12.6. The van der Waals surface area contributed by atoms with E-state index in [1.165, 1.54) is 37.0 Å². The summed E-state index contributed by atoms with van der Waals surface area (Å²) < 4.78 is 29.8. The number of hydrogen-bond acceptors (Lipinski definition) is 12. The molecular weight excluding hydrogens is 600 g/mol. The van der Waals surface area contributed by atoms with Crippen molar-refractivity contribution in [3.05, 3.63) is 108 Å². The Kier molecular flexibility index (Phi) is 16.3. The van der Waals surface area contributed by atoms with E-state index in [0.29, 0.717) is 0 Å². The van der Waals surface area contributed by atoms with E-state index >= 15 is 0 Å². The summed E-state index contributed by atoms with van der Waals surface area (Å²) in [6.45, 7) is 10.3. The Morgan fingerprint density at radius 3 is 0.867 bits per heavy atom. The largest absolute Gasteiger partial charge is 0.498 e. The van der Waals surface area contributed by atoms with Crippen LogP contribution in [-0.4, -0.2) is 90.8 Å². The molecule has 0 fully saturated rings. The number of carbonyl (C=O) groups is 6. The lowest BCUT2D eigenvalue weighted by atomic mass is 10.1. The van der Waals surface area contributed by atoms with Gasteiger partial charge >= 0.3 is 35.8 Å². The van der Waals surface area contributed by atoms with E-state index in [0.717, 1.165) is 18.2 Å². The molecule has 0 unspecified atom stereocenters. The average Bonchev–Trinajstić information content (AvgIpc) is 3.02. The summed E-state index contributed by atoms with van der Waals surface area (Å²) in [4.78, 5) is 68.6. The SMILES string of the molecule is C=COCCOC(=O)c1cc(C(=O)OCCOC=C)cc(C(=O)OCCOC=C)c1.O=C(O)c1cc(C(=O)O)cc(C(=O)O)c1. The van der Waals surface area contributed by atoms with Gasteiger partial charge in [0.05, 0.1) is 52.2 Å². The van der Waals surface area contributed by atoms with Crippen LogP contribution in [0.5, 0.6) is 0 Å². The molecule has 2 rings (SSSR count). The second kappa shape index (κ2) is 19.9. The van der Waals surface area contributed by atoms with Crippen LogP contribution in [0.1, 0.15) is 62.1 Å². The normalized spacial score (nSPS) is 9.60. The third-order valence-electron chi connectivity index (χ3n) is 4.97. The molecule has 0 atom stereocenters. The molecule has 45 heavy (non-hydrogen) atoms. The van der Waals surface area contributed by atoms with Gasteiger partial charge in [0.1, 0.15) is 39.6 Å². The molecular formula is C30H30O15. The van der Waals surface area contributed by atoms with Crippen LogP contribution in [0.3, 0.4) is 0 Å². The molecule has 0 aliphatic carbocycles. The fraction of sp³-hybridized carbons (Fsp3) is 0.200. The minimum atomic E-state index is -1.37. The van der Waals surface area contributed by atoms with E-state index in [2.05, 4.69) is 19.7 Å². The molecule has 0 bridgehead atoms. The van der Waals surface area contributed by atoms with Crippen molar-refractivity contribution >= 4 is 35.8 Å². The van der Waals surface area contributed by atoms with Crippen molar-refractivity contribution in [3.8, 4) is 0 Å². The predicted octanol–water partition coefficient (Wildman–Crippen LogP) is 3.42. The number of hydrogen-bond donors (Lipinski definition) is 3. The van der Waals surface area contributed by atoms with Crippen molar-refractivity contribution < 1.29 is 72.5 Å². The molecule has 0 heterocycles. The Labute approximate surface area is 256 Å². The summed E-state index contributed by atoms with van der Waals surface area (Å²) in [5.41, 5.74) is -1.19. The topological polar surface area (TPSA) is 218 Å². The van der Waals surface area contributed by atoms with Gasteiger partial charge in [0.2, 0.25) is 0 Å². The van der Waals surface area contributed by atoms with Crippen molar-refractivity contribution in [1.29, 1.82) is 0 Å². The van der Waals surface area contributed by atoms with E-state index in [4.69, 9.17) is 43.7 Å². The highest BCUT2D eigenvalue weighted by atomic mass is 16.6. The molecule has 0 saturated heterocycles. The lowest BCUT2D eigenvalue weighted by Gasteiger charge is -2.10. The van der Waals surface area contributed by atoms with Crippen molar-refractivity contribution in [1.82, 2.24) is 0 Å². The maximum Gasteiger partial charge on any atom is 0.338 e. The van der Waals surface area contributed by atoms with E-state index < -0.39 is 35.8 Å². The monoisotopic (exact) mass is 630 g/mol. The van der Waals surface area contributed by atoms with Gasteiger partial charge in [-0.2, -0.15) is 0 Å². The van der Waals surface area contributed by atoms with Crippen LogP contribution in [0, 0.1) is 0 Å². The summed E-state index contributed by atoms with van der Waals surface area (Å²) in [5, 5.41) is 25.8. The summed E-state index contributed by atoms with van der Waals surface area (Å²) in [6, 6.07) is 6.46. The summed E-state index contributed by atoms with van der Waals surface area (Å²) in [6.07, 6.45) is 3.64. The van der Waals surface area contributed by atoms with E-state index in [1.807, 2.05) is 0 Å². The number of aromatic carboxylic acids is 3. The lowest BCUT2D eigenvalue weighted by molar-refractivity contribution is 0.0412. The molecule has 15 nitrogen and oxygen atoms in total.